The molecule has 2 aromatic heterocycles. The van der Waals surface area contributed by atoms with Gasteiger partial charge in [-0.1, -0.05) is 47.5 Å². The van der Waals surface area contributed by atoms with Crippen molar-refractivity contribution in [3.63, 3.8) is 0 Å². The Morgan fingerprint density at radius 2 is 1.78 bits per heavy atom. The third-order valence-corrected chi connectivity index (χ3v) is 5.50. The van der Waals surface area contributed by atoms with E-state index in [9.17, 15) is 0 Å². The number of amidine groups is 1. The maximum absolute atomic E-state index is 6.61. The third-order valence-electron chi connectivity index (χ3n) is 5.20. The van der Waals surface area contributed by atoms with E-state index in [1.807, 2.05) is 80.6 Å². The van der Waals surface area contributed by atoms with E-state index in [1.54, 1.807) is 17.4 Å². The number of benzene rings is 2. The molecule has 0 bridgehead atoms. The van der Waals surface area contributed by atoms with Crippen molar-refractivity contribution in [2.75, 3.05) is 0 Å². The van der Waals surface area contributed by atoms with Crippen LogP contribution >= 0.6 is 11.6 Å². The van der Waals surface area contributed by atoms with Gasteiger partial charge in [-0.3, -0.25) is 4.98 Å². The monoisotopic (exact) mass is 441 g/mol. The first-order valence-corrected chi connectivity index (χ1v) is 10.6. The van der Waals surface area contributed by atoms with Crippen LogP contribution in [-0.2, 0) is 4.74 Å². The Morgan fingerprint density at radius 3 is 2.56 bits per heavy atom. The molecule has 1 atom stereocenters. The number of fused-ring (bicyclic) bond motifs is 1. The van der Waals surface area contributed by atoms with E-state index >= 15 is 0 Å². The summed E-state index contributed by atoms with van der Waals surface area (Å²) >= 11 is 6.61. The summed E-state index contributed by atoms with van der Waals surface area (Å²) in [5, 5.41) is 7.82. The highest BCUT2D eigenvalue weighted by Gasteiger charge is 2.34. The standard InChI is InChI=1S/C25H20ClN5O/c1-16-7-9-20(10-8-16)28-17(2)31-25(32-24(30-31)18-11-13-27-14-12-18)21-15-19-5-3-4-6-22(19)29-23(21)26/h3-15,25H,1-2H3. The molecule has 4 aromatic rings. The van der Waals surface area contributed by atoms with Gasteiger partial charge in [0.1, 0.15) is 11.0 Å². The van der Waals surface area contributed by atoms with Gasteiger partial charge in [0.15, 0.2) is 0 Å². The van der Waals surface area contributed by atoms with Crippen LogP contribution in [-0.4, -0.2) is 26.7 Å². The highest BCUT2D eigenvalue weighted by Crippen LogP contribution is 2.35. The van der Waals surface area contributed by atoms with Gasteiger partial charge in [0.25, 0.3) is 0 Å². The molecule has 1 aliphatic heterocycles. The number of rotatable bonds is 3. The number of para-hydroxylation sites is 1. The minimum absolute atomic E-state index is 0.369. The molecule has 0 saturated carbocycles. The Hall–Kier alpha value is -3.77. The Labute approximate surface area is 190 Å². The van der Waals surface area contributed by atoms with Crippen molar-refractivity contribution >= 4 is 39.9 Å². The zero-order valence-electron chi connectivity index (χ0n) is 17.6. The lowest BCUT2D eigenvalue weighted by atomic mass is 10.1. The molecular weight excluding hydrogens is 422 g/mol. The molecule has 1 unspecified atom stereocenters. The summed E-state index contributed by atoms with van der Waals surface area (Å²) in [5.74, 6) is 1.15. The van der Waals surface area contributed by atoms with E-state index in [0.717, 1.165) is 27.7 Å². The number of halogens is 1. The lowest BCUT2D eigenvalue weighted by Gasteiger charge is -2.22. The van der Waals surface area contributed by atoms with Crippen molar-refractivity contribution in [1.82, 2.24) is 15.0 Å². The van der Waals surface area contributed by atoms with Crippen LogP contribution in [0.3, 0.4) is 0 Å². The lowest BCUT2D eigenvalue weighted by molar-refractivity contribution is 0.110. The molecule has 7 heteroatoms. The summed E-state index contributed by atoms with van der Waals surface area (Å²) in [6.07, 6.45) is 2.81. The van der Waals surface area contributed by atoms with E-state index in [0.29, 0.717) is 16.9 Å². The molecule has 0 radical (unpaired) electrons. The van der Waals surface area contributed by atoms with Gasteiger partial charge in [0.2, 0.25) is 12.1 Å². The van der Waals surface area contributed by atoms with Crippen LogP contribution in [0.2, 0.25) is 5.15 Å². The first-order chi connectivity index (χ1) is 15.6. The summed E-state index contributed by atoms with van der Waals surface area (Å²) in [4.78, 5) is 13.4. The van der Waals surface area contributed by atoms with Gasteiger partial charge in [0, 0.05) is 23.3 Å². The normalized spacial score (nSPS) is 16.2. The molecule has 32 heavy (non-hydrogen) atoms. The molecule has 2 aromatic carbocycles. The van der Waals surface area contributed by atoms with Crippen molar-refractivity contribution in [2.45, 2.75) is 20.1 Å². The van der Waals surface area contributed by atoms with Gasteiger partial charge in [0.05, 0.1) is 16.8 Å². The topological polar surface area (TPSA) is 63.0 Å². The van der Waals surface area contributed by atoms with Gasteiger partial charge in [-0.25, -0.2) is 15.0 Å². The highest BCUT2D eigenvalue weighted by molar-refractivity contribution is 6.30. The van der Waals surface area contributed by atoms with Gasteiger partial charge < -0.3 is 4.74 Å². The fourth-order valence-corrected chi connectivity index (χ4v) is 3.77. The molecule has 0 saturated heterocycles. The number of hydrogen-bond donors (Lipinski definition) is 0. The number of hydrazone groups is 1. The van der Waals surface area contributed by atoms with Crippen LogP contribution in [0, 0.1) is 6.92 Å². The largest absolute Gasteiger partial charge is 0.446 e. The van der Waals surface area contributed by atoms with E-state index in [4.69, 9.17) is 26.4 Å². The molecule has 1 aliphatic rings. The van der Waals surface area contributed by atoms with E-state index < -0.39 is 6.23 Å². The Balaban J connectivity index is 1.59. The van der Waals surface area contributed by atoms with Crippen LogP contribution in [0.5, 0.6) is 0 Å². The number of nitrogens with zero attached hydrogens (tertiary/aromatic N) is 5. The number of pyridine rings is 2. The smallest absolute Gasteiger partial charge is 0.241 e. The molecule has 0 aliphatic carbocycles. The number of aryl methyl sites for hydroxylation is 1. The van der Waals surface area contributed by atoms with Gasteiger partial charge >= 0.3 is 0 Å². The Morgan fingerprint density at radius 1 is 1.03 bits per heavy atom. The van der Waals surface area contributed by atoms with Crippen molar-refractivity contribution < 1.29 is 4.74 Å². The molecule has 0 fully saturated rings. The molecule has 5 rings (SSSR count). The van der Waals surface area contributed by atoms with Crippen LogP contribution in [0.25, 0.3) is 10.9 Å². The molecule has 6 nitrogen and oxygen atoms in total. The SMILES string of the molecule is CC(=Nc1ccc(C)cc1)N1N=C(c2ccncc2)OC1c1cc2ccccc2nc1Cl. The van der Waals surface area contributed by atoms with Crippen LogP contribution in [0.15, 0.2) is 89.2 Å². The maximum atomic E-state index is 6.61. The summed E-state index contributed by atoms with van der Waals surface area (Å²) in [6.45, 7) is 3.95. The number of aliphatic imine (C=N–C) groups is 1. The fraction of sp³-hybridized carbons (Fsp3) is 0.120. The minimum atomic E-state index is -0.600. The summed E-state index contributed by atoms with van der Waals surface area (Å²) in [7, 11) is 0. The molecule has 0 spiro atoms. The molecule has 0 N–H and O–H groups in total. The second kappa shape index (κ2) is 8.40. The zero-order valence-corrected chi connectivity index (χ0v) is 18.4. The average molecular weight is 442 g/mol. The Bertz CT molecular complexity index is 1340. The lowest BCUT2D eigenvalue weighted by Crippen LogP contribution is -2.26. The highest BCUT2D eigenvalue weighted by atomic mass is 35.5. The predicted molar refractivity (Wildman–Crippen MR) is 127 cm³/mol. The summed E-state index contributed by atoms with van der Waals surface area (Å²) in [5.41, 5.74) is 4.38. The van der Waals surface area contributed by atoms with Crippen LogP contribution in [0.4, 0.5) is 5.69 Å². The summed E-state index contributed by atoms with van der Waals surface area (Å²) in [6, 6.07) is 21.5. The van der Waals surface area contributed by atoms with Crippen LogP contribution < -0.4 is 0 Å². The van der Waals surface area contributed by atoms with Crippen molar-refractivity contribution in [3.8, 4) is 0 Å². The first kappa shape index (κ1) is 20.2. The number of hydrogen-bond acceptors (Lipinski definition) is 5. The first-order valence-electron chi connectivity index (χ1n) is 10.2. The maximum Gasteiger partial charge on any atom is 0.241 e. The second-order valence-electron chi connectivity index (χ2n) is 7.51. The average Bonchev–Trinajstić information content (AvgIpc) is 3.26. The van der Waals surface area contributed by atoms with Crippen molar-refractivity contribution in [3.05, 3.63) is 101 Å². The molecule has 3 heterocycles. The zero-order chi connectivity index (χ0) is 22.1. The van der Waals surface area contributed by atoms with Gasteiger partial charge in [-0.05, 0) is 50.2 Å². The van der Waals surface area contributed by atoms with Gasteiger partial charge in [-0.15, -0.1) is 5.10 Å². The van der Waals surface area contributed by atoms with E-state index in [2.05, 4.69) is 9.97 Å². The molecule has 0 amide bonds. The fourth-order valence-electron chi connectivity index (χ4n) is 3.53. The number of ether oxygens (including phenoxy) is 1. The van der Waals surface area contributed by atoms with Gasteiger partial charge in [-0.2, -0.15) is 0 Å². The van der Waals surface area contributed by atoms with Crippen LogP contribution in [0.1, 0.15) is 29.8 Å². The minimum Gasteiger partial charge on any atom is -0.446 e. The predicted octanol–water partition coefficient (Wildman–Crippen LogP) is 6.03. The third kappa shape index (κ3) is 3.92. The Kier molecular flexibility index (Phi) is 5.29. The number of aromatic nitrogens is 2. The second-order valence-corrected chi connectivity index (χ2v) is 7.87. The summed E-state index contributed by atoms with van der Waals surface area (Å²) < 4.78 is 6.30. The molecular formula is C25H20ClN5O. The van der Waals surface area contributed by atoms with E-state index in [1.165, 1.54) is 5.56 Å². The quantitative estimate of drug-likeness (QED) is 0.221. The van der Waals surface area contributed by atoms with Crippen molar-refractivity contribution in [1.29, 1.82) is 0 Å². The van der Waals surface area contributed by atoms with Crippen molar-refractivity contribution in [2.24, 2.45) is 10.1 Å². The molecule has 158 valence electrons. The van der Waals surface area contributed by atoms with E-state index in [-0.39, 0.29) is 0 Å².